The highest BCUT2D eigenvalue weighted by Crippen LogP contribution is 2.24. The van der Waals surface area contributed by atoms with E-state index in [1.807, 2.05) is 6.92 Å². The van der Waals surface area contributed by atoms with E-state index in [9.17, 15) is 8.42 Å². The topological polar surface area (TPSA) is 71.1 Å². The Labute approximate surface area is 140 Å². The fourth-order valence-electron chi connectivity index (χ4n) is 1.62. The number of nitrogens with zero attached hydrogens (tertiary/aromatic N) is 1. The first-order valence-electron chi connectivity index (χ1n) is 6.05. The molecule has 0 bridgehead atoms. The monoisotopic (exact) mass is 409 g/mol. The zero-order chi connectivity index (χ0) is 15.5. The molecule has 2 aromatic heterocycles. The summed E-state index contributed by atoms with van der Waals surface area (Å²) < 4.78 is 28.6. The van der Waals surface area contributed by atoms with Crippen LogP contribution in [0.2, 0.25) is 4.34 Å². The summed E-state index contributed by atoms with van der Waals surface area (Å²) in [7, 11) is -3.67. The standard InChI is InChI=1S/C12H13BrClN3O2S2/c1-2-15-12-10(5-8(13)6-16-12)21(18,19)17-7-9-3-4-11(14)20-9/h3-6,17H,2,7H2,1H3,(H,15,16). The van der Waals surface area contributed by atoms with Crippen molar-refractivity contribution in [3.05, 3.63) is 38.1 Å². The number of hydrogen-bond donors (Lipinski definition) is 2. The highest BCUT2D eigenvalue weighted by molar-refractivity contribution is 9.10. The Morgan fingerprint density at radius 1 is 1.43 bits per heavy atom. The predicted molar refractivity (Wildman–Crippen MR) is 89.5 cm³/mol. The van der Waals surface area contributed by atoms with Gasteiger partial charge in [0.1, 0.15) is 10.7 Å². The fraction of sp³-hybridized carbons (Fsp3) is 0.250. The van der Waals surface area contributed by atoms with Gasteiger partial charge in [-0.1, -0.05) is 11.6 Å². The molecular formula is C12H13BrClN3O2S2. The summed E-state index contributed by atoms with van der Waals surface area (Å²) in [6.07, 6.45) is 1.55. The molecule has 2 aromatic rings. The number of hydrogen-bond acceptors (Lipinski definition) is 5. The van der Waals surface area contributed by atoms with Gasteiger partial charge in [-0.05, 0) is 41.1 Å². The quantitative estimate of drug-likeness (QED) is 0.765. The lowest BCUT2D eigenvalue weighted by atomic mass is 10.4. The summed E-state index contributed by atoms with van der Waals surface area (Å²) in [5, 5.41) is 2.94. The third kappa shape index (κ3) is 4.40. The van der Waals surface area contributed by atoms with E-state index in [-0.39, 0.29) is 11.4 Å². The first kappa shape index (κ1) is 16.7. The fourth-order valence-corrected chi connectivity index (χ4v) is 4.38. The van der Waals surface area contributed by atoms with Crippen molar-refractivity contribution < 1.29 is 8.42 Å². The number of anilines is 1. The third-order valence-electron chi connectivity index (χ3n) is 2.52. The molecule has 0 aromatic carbocycles. The van der Waals surface area contributed by atoms with Crippen LogP contribution in [0.25, 0.3) is 0 Å². The van der Waals surface area contributed by atoms with Crippen LogP contribution in [-0.4, -0.2) is 19.9 Å². The van der Waals surface area contributed by atoms with Crippen LogP contribution in [0.5, 0.6) is 0 Å². The molecular weight excluding hydrogens is 398 g/mol. The van der Waals surface area contributed by atoms with Crippen LogP contribution in [0.4, 0.5) is 5.82 Å². The Balaban J connectivity index is 2.24. The molecule has 0 radical (unpaired) electrons. The van der Waals surface area contributed by atoms with Gasteiger partial charge >= 0.3 is 0 Å². The van der Waals surface area contributed by atoms with Crippen LogP contribution in [0.1, 0.15) is 11.8 Å². The molecule has 0 aliphatic carbocycles. The minimum atomic E-state index is -3.67. The zero-order valence-electron chi connectivity index (χ0n) is 11.1. The van der Waals surface area contributed by atoms with Crippen molar-refractivity contribution in [2.75, 3.05) is 11.9 Å². The van der Waals surface area contributed by atoms with Gasteiger partial charge in [-0.25, -0.2) is 18.1 Å². The van der Waals surface area contributed by atoms with Gasteiger partial charge in [-0.2, -0.15) is 0 Å². The molecule has 0 atom stereocenters. The Kier molecular flexibility index (Phi) is 5.61. The van der Waals surface area contributed by atoms with Crippen molar-refractivity contribution in [3.8, 4) is 0 Å². The minimum absolute atomic E-state index is 0.112. The van der Waals surface area contributed by atoms with E-state index in [4.69, 9.17) is 11.6 Å². The van der Waals surface area contributed by atoms with Gasteiger partial charge in [0.15, 0.2) is 0 Å². The molecule has 0 aliphatic heterocycles. The number of sulfonamides is 1. The number of nitrogens with one attached hydrogen (secondary N) is 2. The lowest BCUT2D eigenvalue weighted by Crippen LogP contribution is -2.24. The second-order valence-corrected chi connectivity index (χ2v) is 8.51. The first-order valence-corrected chi connectivity index (χ1v) is 9.52. The number of pyridine rings is 1. The largest absolute Gasteiger partial charge is 0.369 e. The van der Waals surface area contributed by atoms with Crippen LogP contribution in [0.3, 0.4) is 0 Å². The van der Waals surface area contributed by atoms with Crippen molar-refractivity contribution in [1.82, 2.24) is 9.71 Å². The molecule has 0 saturated heterocycles. The van der Waals surface area contributed by atoms with Crippen molar-refractivity contribution in [2.45, 2.75) is 18.4 Å². The summed E-state index contributed by atoms with van der Waals surface area (Å²) in [5.41, 5.74) is 0. The number of aromatic nitrogens is 1. The first-order chi connectivity index (χ1) is 9.92. The Hall–Kier alpha value is -0.670. The zero-order valence-corrected chi connectivity index (χ0v) is 15.0. The van der Waals surface area contributed by atoms with Crippen LogP contribution < -0.4 is 10.0 Å². The molecule has 0 saturated carbocycles. The summed E-state index contributed by atoms with van der Waals surface area (Å²) in [5.74, 6) is 0.331. The van der Waals surface area contributed by atoms with E-state index in [0.717, 1.165) is 4.88 Å². The molecule has 0 spiro atoms. The molecule has 114 valence electrons. The maximum absolute atomic E-state index is 12.4. The molecule has 21 heavy (non-hydrogen) atoms. The van der Waals surface area contributed by atoms with E-state index in [0.29, 0.717) is 21.2 Å². The van der Waals surface area contributed by atoms with Crippen molar-refractivity contribution in [2.24, 2.45) is 0 Å². The van der Waals surface area contributed by atoms with Gasteiger partial charge in [0, 0.05) is 28.6 Å². The lowest BCUT2D eigenvalue weighted by molar-refractivity contribution is 0.581. The van der Waals surface area contributed by atoms with Gasteiger partial charge in [0.25, 0.3) is 0 Å². The second-order valence-electron chi connectivity index (χ2n) is 4.06. The van der Waals surface area contributed by atoms with E-state index >= 15 is 0 Å². The van der Waals surface area contributed by atoms with Crippen LogP contribution in [0, 0.1) is 0 Å². The summed E-state index contributed by atoms with van der Waals surface area (Å²) >= 11 is 10.4. The molecule has 0 fully saturated rings. The van der Waals surface area contributed by atoms with Crippen molar-refractivity contribution >= 4 is 54.7 Å². The molecule has 2 rings (SSSR count). The molecule has 5 nitrogen and oxygen atoms in total. The second kappa shape index (κ2) is 7.06. The maximum Gasteiger partial charge on any atom is 0.244 e. The average Bonchev–Trinajstić information content (AvgIpc) is 2.85. The Morgan fingerprint density at radius 2 is 2.19 bits per heavy atom. The molecule has 0 unspecified atom stereocenters. The van der Waals surface area contributed by atoms with Gasteiger partial charge in [0.05, 0.1) is 4.34 Å². The summed E-state index contributed by atoms with van der Waals surface area (Å²) in [4.78, 5) is 5.05. The molecule has 2 N–H and O–H groups in total. The number of thiophene rings is 1. The van der Waals surface area contributed by atoms with E-state index in [1.165, 1.54) is 17.4 Å². The Bertz CT molecular complexity index is 734. The third-order valence-corrected chi connectivity index (χ3v) is 5.60. The van der Waals surface area contributed by atoms with Gasteiger partial charge in [-0.3, -0.25) is 0 Å². The Morgan fingerprint density at radius 3 is 2.81 bits per heavy atom. The summed E-state index contributed by atoms with van der Waals surface area (Å²) in [6.45, 7) is 2.65. The van der Waals surface area contributed by atoms with Crippen molar-refractivity contribution in [1.29, 1.82) is 0 Å². The molecule has 0 aliphatic rings. The van der Waals surface area contributed by atoms with Crippen LogP contribution in [0.15, 0.2) is 33.8 Å². The lowest BCUT2D eigenvalue weighted by Gasteiger charge is -2.11. The highest BCUT2D eigenvalue weighted by Gasteiger charge is 2.20. The van der Waals surface area contributed by atoms with E-state index < -0.39 is 10.0 Å². The SMILES string of the molecule is CCNc1ncc(Br)cc1S(=O)(=O)NCc1ccc(Cl)s1. The smallest absolute Gasteiger partial charge is 0.244 e. The maximum atomic E-state index is 12.4. The van der Waals surface area contributed by atoms with Gasteiger partial charge in [0.2, 0.25) is 10.0 Å². The number of rotatable bonds is 6. The van der Waals surface area contributed by atoms with Crippen LogP contribution >= 0.6 is 38.9 Å². The van der Waals surface area contributed by atoms with Gasteiger partial charge in [-0.15, -0.1) is 11.3 Å². The van der Waals surface area contributed by atoms with E-state index in [1.54, 1.807) is 18.3 Å². The normalized spacial score (nSPS) is 11.6. The number of halogens is 2. The molecule has 9 heteroatoms. The average molecular weight is 411 g/mol. The molecule has 2 heterocycles. The molecule has 0 amide bonds. The predicted octanol–water partition coefficient (Wildman–Crippen LogP) is 3.47. The summed E-state index contributed by atoms with van der Waals surface area (Å²) in [6, 6.07) is 5.05. The van der Waals surface area contributed by atoms with Gasteiger partial charge < -0.3 is 5.32 Å². The van der Waals surface area contributed by atoms with Crippen LogP contribution in [-0.2, 0) is 16.6 Å². The van der Waals surface area contributed by atoms with E-state index in [2.05, 4.69) is 31.0 Å². The van der Waals surface area contributed by atoms with Crippen molar-refractivity contribution in [3.63, 3.8) is 0 Å². The minimum Gasteiger partial charge on any atom is -0.369 e. The highest BCUT2D eigenvalue weighted by atomic mass is 79.9.